The molecule has 21 heavy (non-hydrogen) atoms. The fourth-order valence-electron chi connectivity index (χ4n) is 2.67. The van der Waals surface area contributed by atoms with Crippen molar-refractivity contribution in [1.82, 2.24) is 10.2 Å². The van der Waals surface area contributed by atoms with E-state index in [0.717, 1.165) is 64.6 Å². The third kappa shape index (κ3) is 4.88. The molecule has 5 heteroatoms. The summed E-state index contributed by atoms with van der Waals surface area (Å²) in [5, 5.41) is 3.41. The molecule has 0 aromatic rings. The first-order valence-electron chi connectivity index (χ1n) is 7.76. The largest absolute Gasteiger partial charge is 0.496 e. The summed E-state index contributed by atoms with van der Waals surface area (Å²) in [7, 11) is 1.50. The van der Waals surface area contributed by atoms with Crippen LogP contribution in [-0.4, -0.2) is 57.9 Å². The maximum Gasteiger partial charge on any atom is 0.102 e. The van der Waals surface area contributed by atoms with Crippen LogP contribution in [0, 0.1) is 0 Å². The number of rotatable bonds is 4. The van der Waals surface area contributed by atoms with Crippen molar-refractivity contribution in [1.29, 1.82) is 0 Å². The van der Waals surface area contributed by atoms with Crippen LogP contribution in [0.4, 0.5) is 0 Å². The van der Waals surface area contributed by atoms with Gasteiger partial charge in [0.05, 0.1) is 13.2 Å². The van der Waals surface area contributed by atoms with E-state index in [4.69, 9.17) is 9.47 Å². The van der Waals surface area contributed by atoms with Crippen LogP contribution >= 0.6 is 0 Å². The van der Waals surface area contributed by atoms with Gasteiger partial charge in [-0.3, -0.25) is 4.90 Å². The molecule has 0 aromatic carbocycles. The van der Waals surface area contributed by atoms with Crippen LogP contribution in [0.3, 0.4) is 0 Å². The molecular formula is C16H27N3O2. The molecular weight excluding hydrogens is 266 g/mol. The van der Waals surface area contributed by atoms with Crippen LogP contribution in [-0.2, 0) is 9.47 Å². The molecule has 0 atom stereocenters. The van der Waals surface area contributed by atoms with E-state index in [9.17, 15) is 0 Å². The van der Waals surface area contributed by atoms with Crippen molar-refractivity contribution in [2.45, 2.75) is 12.8 Å². The lowest BCUT2D eigenvalue weighted by molar-refractivity contribution is 0.0273. The number of hydrogen-bond acceptors (Lipinski definition) is 5. The number of allylic oxidation sites excluding steroid dienone is 3. The van der Waals surface area contributed by atoms with Crippen molar-refractivity contribution in [3.8, 4) is 0 Å². The van der Waals surface area contributed by atoms with Gasteiger partial charge in [-0.15, -0.1) is 0 Å². The molecule has 5 nitrogen and oxygen atoms in total. The predicted molar refractivity (Wildman–Crippen MR) is 84.8 cm³/mol. The maximum absolute atomic E-state index is 5.93. The highest BCUT2D eigenvalue weighted by Crippen LogP contribution is 2.22. The molecule has 1 aliphatic carbocycles. The lowest BCUT2D eigenvalue weighted by Gasteiger charge is -2.26. The molecule has 3 aliphatic rings. The van der Waals surface area contributed by atoms with Gasteiger partial charge in [0.25, 0.3) is 0 Å². The minimum atomic E-state index is 0.766. The van der Waals surface area contributed by atoms with Gasteiger partial charge in [0.2, 0.25) is 0 Å². The van der Waals surface area contributed by atoms with Crippen molar-refractivity contribution in [3.05, 3.63) is 35.3 Å². The van der Waals surface area contributed by atoms with Crippen molar-refractivity contribution in [2.75, 3.05) is 53.0 Å². The number of morpholine rings is 1. The molecule has 118 valence electrons. The van der Waals surface area contributed by atoms with E-state index in [1.54, 1.807) is 0 Å². The monoisotopic (exact) mass is 293 g/mol. The van der Waals surface area contributed by atoms with E-state index in [-0.39, 0.29) is 0 Å². The summed E-state index contributed by atoms with van der Waals surface area (Å²) in [5.74, 6) is 1.07. The average molecular weight is 293 g/mol. The molecule has 0 radical (unpaired) electrons. The lowest BCUT2D eigenvalue weighted by atomic mass is 10.2. The Morgan fingerprint density at radius 2 is 2.14 bits per heavy atom. The quantitative estimate of drug-likeness (QED) is 0.810. The summed E-state index contributed by atoms with van der Waals surface area (Å²) in [6, 6.07) is 0. The van der Waals surface area contributed by atoms with Gasteiger partial charge in [-0.25, -0.2) is 0 Å². The van der Waals surface area contributed by atoms with Gasteiger partial charge in [-0.2, -0.15) is 0 Å². The summed E-state index contributed by atoms with van der Waals surface area (Å²) in [5.41, 5.74) is 7.15. The van der Waals surface area contributed by atoms with Crippen molar-refractivity contribution in [3.63, 3.8) is 0 Å². The molecule has 1 saturated heterocycles. The van der Waals surface area contributed by atoms with E-state index in [2.05, 4.69) is 34.2 Å². The van der Waals surface area contributed by atoms with Gasteiger partial charge < -0.3 is 20.5 Å². The van der Waals surface area contributed by atoms with Crippen molar-refractivity contribution in [2.24, 2.45) is 5.73 Å². The van der Waals surface area contributed by atoms with Gasteiger partial charge in [-0.1, -0.05) is 12.2 Å². The van der Waals surface area contributed by atoms with Crippen LogP contribution in [0.1, 0.15) is 12.8 Å². The zero-order chi connectivity index (χ0) is 14.9. The molecule has 0 bridgehead atoms. The summed E-state index contributed by atoms with van der Waals surface area (Å²) < 4.78 is 11.3. The van der Waals surface area contributed by atoms with Gasteiger partial charge in [-0.05, 0) is 25.1 Å². The van der Waals surface area contributed by atoms with Gasteiger partial charge in [0, 0.05) is 38.3 Å². The molecule has 0 unspecified atom stereocenters. The van der Waals surface area contributed by atoms with E-state index in [0.29, 0.717) is 0 Å². The Bertz CT molecular complexity index is 410. The van der Waals surface area contributed by atoms with Crippen LogP contribution in [0.15, 0.2) is 35.3 Å². The summed E-state index contributed by atoms with van der Waals surface area (Å²) >= 11 is 0. The Kier molecular flexibility index (Phi) is 6.79. The SMILES string of the molecule is C1=CC2=C(C=C(OCCN3CCOCC3)C1)NCC2.CN. The highest BCUT2D eigenvalue weighted by atomic mass is 16.5. The number of nitrogens with two attached hydrogens (primary N) is 1. The fourth-order valence-corrected chi connectivity index (χ4v) is 2.67. The van der Waals surface area contributed by atoms with E-state index >= 15 is 0 Å². The second kappa shape index (κ2) is 8.87. The standard InChI is InChI=1S/C15H22N2O2.CH5N/c1-2-13-4-5-16-15(13)12-14(3-1)19-11-8-17-6-9-18-10-7-17;1-2/h1-2,12,16H,3-11H2;2H2,1H3. The Labute approximate surface area is 127 Å². The summed E-state index contributed by atoms with van der Waals surface area (Å²) in [6.45, 7) is 6.56. The Hall–Kier alpha value is -1.30. The predicted octanol–water partition coefficient (Wildman–Crippen LogP) is 1.00. The van der Waals surface area contributed by atoms with Crippen LogP contribution in [0.25, 0.3) is 0 Å². The van der Waals surface area contributed by atoms with Gasteiger partial charge in [0.15, 0.2) is 0 Å². The minimum absolute atomic E-state index is 0.766. The number of ether oxygens (including phenoxy) is 2. The van der Waals surface area contributed by atoms with Crippen LogP contribution in [0.5, 0.6) is 0 Å². The average Bonchev–Trinajstić information content (AvgIpc) is 2.89. The fraction of sp³-hybridized carbons (Fsp3) is 0.625. The topological polar surface area (TPSA) is 59.8 Å². The number of nitrogens with zero attached hydrogens (tertiary/aromatic N) is 1. The molecule has 1 fully saturated rings. The smallest absolute Gasteiger partial charge is 0.102 e. The van der Waals surface area contributed by atoms with Gasteiger partial charge >= 0.3 is 0 Å². The second-order valence-corrected chi connectivity index (χ2v) is 5.14. The third-order valence-electron chi connectivity index (χ3n) is 3.80. The summed E-state index contributed by atoms with van der Waals surface area (Å²) in [4.78, 5) is 2.40. The van der Waals surface area contributed by atoms with E-state index in [1.807, 2.05) is 0 Å². The second-order valence-electron chi connectivity index (χ2n) is 5.14. The molecule has 2 aliphatic heterocycles. The molecule has 2 heterocycles. The van der Waals surface area contributed by atoms with E-state index in [1.165, 1.54) is 18.3 Å². The van der Waals surface area contributed by atoms with Crippen molar-refractivity contribution < 1.29 is 9.47 Å². The molecule has 3 rings (SSSR count). The normalized spacial score (nSPS) is 21.7. The summed E-state index contributed by atoms with van der Waals surface area (Å²) in [6.07, 6.45) is 8.63. The van der Waals surface area contributed by atoms with E-state index < -0.39 is 0 Å². The minimum Gasteiger partial charge on any atom is -0.496 e. The molecule has 0 aromatic heterocycles. The Morgan fingerprint density at radius 3 is 2.95 bits per heavy atom. The maximum atomic E-state index is 5.93. The third-order valence-corrected chi connectivity index (χ3v) is 3.80. The Balaban J connectivity index is 0.000000774. The zero-order valence-electron chi connectivity index (χ0n) is 12.9. The van der Waals surface area contributed by atoms with Crippen LogP contribution in [0.2, 0.25) is 0 Å². The lowest BCUT2D eigenvalue weighted by Crippen LogP contribution is -2.38. The zero-order valence-corrected chi connectivity index (χ0v) is 12.9. The number of nitrogens with one attached hydrogen (secondary N) is 1. The molecule has 0 saturated carbocycles. The van der Waals surface area contributed by atoms with Crippen molar-refractivity contribution >= 4 is 0 Å². The highest BCUT2D eigenvalue weighted by molar-refractivity contribution is 5.39. The molecule has 0 spiro atoms. The first-order chi connectivity index (χ1) is 10.4. The molecule has 0 amide bonds. The first kappa shape index (κ1) is 16.1. The number of hydrogen-bond donors (Lipinski definition) is 2. The van der Waals surface area contributed by atoms with Gasteiger partial charge in [0.1, 0.15) is 12.4 Å². The first-order valence-corrected chi connectivity index (χ1v) is 7.76. The molecule has 3 N–H and O–H groups in total. The highest BCUT2D eigenvalue weighted by Gasteiger charge is 2.14. The van der Waals surface area contributed by atoms with Crippen LogP contribution < -0.4 is 11.1 Å². The Morgan fingerprint density at radius 1 is 1.33 bits per heavy atom.